The molecular formula is C14H26N6O4. The van der Waals surface area contributed by atoms with Gasteiger partial charge in [0.25, 0.3) is 0 Å². The van der Waals surface area contributed by atoms with Crippen molar-refractivity contribution in [2.75, 3.05) is 0 Å². The molecule has 0 unspecified atom stereocenters. The highest BCUT2D eigenvalue weighted by atomic mass is 17.2. The van der Waals surface area contributed by atoms with Crippen LogP contribution in [0.5, 0.6) is 0 Å². The molecule has 0 saturated heterocycles. The maximum Gasteiger partial charge on any atom is 0.182 e. The van der Waals surface area contributed by atoms with Crippen LogP contribution in [0.4, 0.5) is 0 Å². The molecule has 0 bridgehead atoms. The monoisotopic (exact) mass is 342 g/mol. The van der Waals surface area contributed by atoms with Gasteiger partial charge in [0, 0.05) is 9.82 Å². The summed E-state index contributed by atoms with van der Waals surface area (Å²) in [5, 5.41) is 7.51. The van der Waals surface area contributed by atoms with E-state index in [1.165, 1.54) is 0 Å². The molecule has 24 heavy (non-hydrogen) atoms. The van der Waals surface area contributed by atoms with E-state index in [-0.39, 0.29) is 25.7 Å². The largest absolute Gasteiger partial charge is 0.230 e. The van der Waals surface area contributed by atoms with Gasteiger partial charge in [-0.05, 0) is 78.3 Å². The van der Waals surface area contributed by atoms with Crippen LogP contribution in [0.3, 0.4) is 0 Å². The van der Waals surface area contributed by atoms with Crippen molar-refractivity contribution in [3.63, 3.8) is 0 Å². The Bertz CT molecular complexity index is 470. The number of hydrogen-bond donors (Lipinski definition) is 0. The van der Waals surface area contributed by atoms with Crippen molar-refractivity contribution in [2.24, 2.45) is 10.2 Å². The first-order valence-electron chi connectivity index (χ1n) is 7.81. The minimum atomic E-state index is -1.17. The van der Waals surface area contributed by atoms with Gasteiger partial charge in [0.15, 0.2) is 11.4 Å². The van der Waals surface area contributed by atoms with E-state index in [9.17, 15) is 0 Å². The number of azide groups is 2. The van der Waals surface area contributed by atoms with Crippen molar-refractivity contribution in [1.82, 2.24) is 0 Å². The highest BCUT2D eigenvalue weighted by Crippen LogP contribution is 2.42. The van der Waals surface area contributed by atoms with Crippen molar-refractivity contribution in [3.8, 4) is 0 Å². The van der Waals surface area contributed by atoms with Crippen LogP contribution in [0.25, 0.3) is 20.9 Å². The summed E-state index contributed by atoms with van der Waals surface area (Å²) in [6, 6.07) is 0. The first kappa shape index (κ1) is 20.5. The molecule has 0 aromatic rings. The molecule has 0 aromatic heterocycles. The fourth-order valence-corrected chi connectivity index (χ4v) is 2.00. The third-order valence-electron chi connectivity index (χ3n) is 3.16. The molecule has 0 radical (unpaired) electrons. The van der Waals surface area contributed by atoms with E-state index in [1.54, 1.807) is 0 Å². The normalized spacial score (nSPS) is 27.9. The second-order valence-electron chi connectivity index (χ2n) is 7.83. The molecule has 0 N–H and O–H groups in total. The van der Waals surface area contributed by atoms with Gasteiger partial charge < -0.3 is 0 Å². The SMILES string of the molecule is CC(C)(C)OOC1(N=[N+]=[N-])CCC(N=[N+]=[N-])(OOC(C)(C)C)CC1. The maximum absolute atomic E-state index is 8.84. The standard InChI is InChI=1S/C14H26N6O4/c1-11(2,3)21-23-13(17-19-15)7-9-14(10-8-13,18-20-16)24-22-12(4,5)6/h7-10H2,1-6H3. The molecule has 0 aromatic carbocycles. The number of nitrogens with zero attached hydrogens (tertiary/aromatic N) is 6. The van der Waals surface area contributed by atoms with Crippen LogP contribution in [0.2, 0.25) is 0 Å². The van der Waals surface area contributed by atoms with Gasteiger partial charge in [-0.2, -0.15) is 0 Å². The average Bonchev–Trinajstić information content (AvgIpc) is 2.45. The summed E-state index contributed by atoms with van der Waals surface area (Å²) >= 11 is 0. The second-order valence-corrected chi connectivity index (χ2v) is 7.83. The molecule has 10 heteroatoms. The van der Waals surface area contributed by atoms with Crippen LogP contribution in [0.1, 0.15) is 67.2 Å². The lowest BCUT2D eigenvalue weighted by atomic mass is 9.86. The van der Waals surface area contributed by atoms with Crippen molar-refractivity contribution in [3.05, 3.63) is 20.9 Å². The summed E-state index contributed by atoms with van der Waals surface area (Å²) in [4.78, 5) is 27.2. The maximum atomic E-state index is 8.84. The molecule has 10 nitrogen and oxygen atoms in total. The molecule has 0 heterocycles. The summed E-state index contributed by atoms with van der Waals surface area (Å²) < 4.78 is 0. The van der Waals surface area contributed by atoms with Crippen LogP contribution < -0.4 is 0 Å². The van der Waals surface area contributed by atoms with E-state index >= 15 is 0 Å². The summed E-state index contributed by atoms with van der Waals surface area (Å²) in [5.41, 5.74) is 14.2. The molecule has 0 atom stereocenters. The highest BCUT2D eigenvalue weighted by Gasteiger charge is 2.46. The van der Waals surface area contributed by atoms with E-state index in [1.807, 2.05) is 41.5 Å². The van der Waals surface area contributed by atoms with Crippen molar-refractivity contribution < 1.29 is 19.6 Å². The Balaban J connectivity index is 2.86. The molecule has 0 aliphatic heterocycles. The Kier molecular flexibility index (Phi) is 6.46. The van der Waals surface area contributed by atoms with E-state index in [4.69, 9.17) is 30.6 Å². The van der Waals surface area contributed by atoms with Crippen LogP contribution in [0.15, 0.2) is 10.2 Å². The van der Waals surface area contributed by atoms with Gasteiger partial charge in [0.2, 0.25) is 0 Å². The van der Waals surface area contributed by atoms with E-state index in [2.05, 4.69) is 20.1 Å². The van der Waals surface area contributed by atoms with Gasteiger partial charge in [-0.3, -0.25) is 0 Å². The number of rotatable bonds is 6. The van der Waals surface area contributed by atoms with Gasteiger partial charge in [0.1, 0.15) is 0 Å². The second kappa shape index (κ2) is 7.57. The van der Waals surface area contributed by atoms with Gasteiger partial charge in [-0.15, -0.1) is 0 Å². The minimum Gasteiger partial charge on any atom is -0.230 e. The Labute approximate surface area is 141 Å². The Hall–Kier alpha value is -1.54. The molecule has 1 aliphatic carbocycles. The Morgan fingerprint density at radius 1 is 0.708 bits per heavy atom. The number of hydrogen-bond acceptors (Lipinski definition) is 6. The van der Waals surface area contributed by atoms with E-state index < -0.39 is 22.7 Å². The molecule has 136 valence electrons. The molecule has 1 fully saturated rings. The predicted octanol–water partition coefficient (Wildman–Crippen LogP) is 5.07. The first-order chi connectivity index (χ1) is 10.9. The lowest BCUT2D eigenvalue weighted by molar-refractivity contribution is -0.432. The zero-order valence-corrected chi connectivity index (χ0v) is 15.1. The fourth-order valence-electron chi connectivity index (χ4n) is 2.00. The summed E-state index contributed by atoms with van der Waals surface area (Å²) in [7, 11) is 0. The fraction of sp³-hybridized carbons (Fsp3) is 1.00. The molecule has 0 spiro atoms. The lowest BCUT2D eigenvalue weighted by Crippen LogP contribution is -2.45. The first-order valence-corrected chi connectivity index (χ1v) is 7.81. The van der Waals surface area contributed by atoms with Crippen LogP contribution in [-0.4, -0.2) is 22.7 Å². The van der Waals surface area contributed by atoms with Crippen molar-refractivity contribution in [1.29, 1.82) is 0 Å². The Morgan fingerprint density at radius 2 is 1.00 bits per heavy atom. The topological polar surface area (TPSA) is 134 Å². The van der Waals surface area contributed by atoms with E-state index in [0.717, 1.165) is 0 Å². The lowest BCUT2D eigenvalue weighted by Gasteiger charge is -2.41. The van der Waals surface area contributed by atoms with Crippen molar-refractivity contribution >= 4 is 0 Å². The Morgan fingerprint density at radius 3 is 1.21 bits per heavy atom. The zero-order valence-electron chi connectivity index (χ0n) is 15.1. The zero-order chi connectivity index (χ0) is 18.5. The molecule has 0 amide bonds. The van der Waals surface area contributed by atoms with Gasteiger partial charge >= 0.3 is 0 Å². The molecule has 1 aliphatic rings. The van der Waals surface area contributed by atoms with Crippen molar-refractivity contribution in [2.45, 2.75) is 89.9 Å². The third kappa shape index (κ3) is 6.52. The predicted molar refractivity (Wildman–Crippen MR) is 86.1 cm³/mol. The van der Waals surface area contributed by atoms with Crippen LogP contribution >= 0.6 is 0 Å². The molecular weight excluding hydrogens is 316 g/mol. The summed E-state index contributed by atoms with van der Waals surface area (Å²) in [6.07, 6.45) is 1.05. The highest BCUT2D eigenvalue weighted by molar-refractivity contribution is 4.93. The van der Waals surface area contributed by atoms with Gasteiger partial charge in [0.05, 0.1) is 11.2 Å². The molecule has 1 rings (SSSR count). The summed E-state index contributed by atoms with van der Waals surface area (Å²) in [6.45, 7) is 10.9. The quantitative estimate of drug-likeness (QED) is 0.219. The third-order valence-corrected chi connectivity index (χ3v) is 3.16. The van der Waals surface area contributed by atoms with Gasteiger partial charge in [-0.1, -0.05) is 10.2 Å². The van der Waals surface area contributed by atoms with E-state index in [0.29, 0.717) is 0 Å². The average molecular weight is 342 g/mol. The summed E-state index contributed by atoms with van der Waals surface area (Å²) in [5.74, 6) is 0. The molecule has 1 saturated carbocycles. The minimum absolute atomic E-state index is 0.264. The van der Waals surface area contributed by atoms with Crippen LogP contribution in [0, 0.1) is 0 Å². The smallest absolute Gasteiger partial charge is 0.182 e. The van der Waals surface area contributed by atoms with Crippen LogP contribution in [-0.2, 0) is 19.6 Å². The van der Waals surface area contributed by atoms with Gasteiger partial charge in [-0.25, -0.2) is 19.6 Å².